The normalized spacial score (nSPS) is 24.9. The van der Waals surface area contributed by atoms with E-state index in [1.807, 2.05) is 0 Å². The van der Waals surface area contributed by atoms with Gasteiger partial charge in [0.2, 0.25) is 0 Å². The molecule has 0 aromatic rings. The summed E-state index contributed by atoms with van der Waals surface area (Å²) in [6.07, 6.45) is 5.45. The third-order valence-corrected chi connectivity index (χ3v) is 3.78. The molecule has 2 unspecified atom stereocenters. The Morgan fingerprint density at radius 2 is 2.12 bits per heavy atom. The van der Waals surface area contributed by atoms with Gasteiger partial charge in [0.1, 0.15) is 6.23 Å². The maximum Gasteiger partial charge on any atom is 0.108 e. The summed E-state index contributed by atoms with van der Waals surface area (Å²) >= 11 is 2.23. The van der Waals surface area contributed by atoms with E-state index < -0.39 is 0 Å². The van der Waals surface area contributed by atoms with Crippen LogP contribution in [-0.4, -0.2) is 35.9 Å². The summed E-state index contributed by atoms with van der Waals surface area (Å²) in [6, 6.07) is 0.684. The molecule has 1 heterocycles. The van der Waals surface area contributed by atoms with Crippen LogP contribution in [0.2, 0.25) is 0 Å². The largest absolute Gasteiger partial charge is 0.358 e. The highest BCUT2D eigenvalue weighted by Gasteiger charge is 2.28. The molecule has 1 aliphatic heterocycles. The molecule has 0 amide bonds. The molecular formula is C13H27IN2O. The first-order valence-electron chi connectivity index (χ1n) is 6.71. The van der Waals surface area contributed by atoms with Crippen LogP contribution in [0.25, 0.3) is 0 Å². The van der Waals surface area contributed by atoms with Crippen LogP contribution in [0.5, 0.6) is 0 Å². The standard InChI is InChI=1S/C13H27IN2O/c1-11(17-13(2,3)4)16-10-6-5-7-12(16)8-9-15-14/h11-12,15H,5-10H2,1-4H3. The Labute approximate surface area is 120 Å². The van der Waals surface area contributed by atoms with E-state index in [1.54, 1.807) is 0 Å². The second kappa shape index (κ2) is 7.26. The number of ether oxygens (including phenoxy) is 1. The van der Waals surface area contributed by atoms with Crippen LogP contribution in [-0.2, 0) is 4.74 Å². The lowest BCUT2D eigenvalue weighted by Gasteiger charge is -2.41. The van der Waals surface area contributed by atoms with Crippen molar-refractivity contribution in [1.29, 1.82) is 0 Å². The zero-order valence-electron chi connectivity index (χ0n) is 11.6. The van der Waals surface area contributed by atoms with Gasteiger partial charge >= 0.3 is 0 Å². The van der Waals surface area contributed by atoms with Crippen LogP contribution in [0.4, 0.5) is 0 Å². The number of halogens is 1. The van der Waals surface area contributed by atoms with Crippen LogP contribution >= 0.6 is 22.9 Å². The molecule has 2 atom stereocenters. The molecule has 0 bridgehead atoms. The van der Waals surface area contributed by atoms with Crippen LogP contribution in [0, 0.1) is 0 Å². The quantitative estimate of drug-likeness (QED) is 0.606. The highest BCUT2D eigenvalue weighted by Crippen LogP contribution is 2.24. The summed E-state index contributed by atoms with van der Waals surface area (Å²) in [5.74, 6) is 0. The molecule has 0 aliphatic carbocycles. The summed E-state index contributed by atoms with van der Waals surface area (Å²) in [6.45, 7) is 10.9. The SMILES string of the molecule is CC(OC(C)(C)C)N1CCCCC1CCNI. The Kier molecular flexibility index (Phi) is 6.69. The van der Waals surface area contributed by atoms with E-state index >= 15 is 0 Å². The fourth-order valence-electron chi connectivity index (χ4n) is 2.61. The Hall–Kier alpha value is 0.610. The van der Waals surface area contributed by atoms with Crippen molar-refractivity contribution in [3.63, 3.8) is 0 Å². The fourth-order valence-corrected chi connectivity index (χ4v) is 2.92. The van der Waals surface area contributed by atoms with E-state index in [2.05, 4.69) is 59.0 Å². The van der Waals surface area contributed by atoms with Gasteiger partial charge in [0, 0.05) is 42.0 Å². The second-order valence-electron chi connectivity index (χ2n) is 5.89. The zero-order chi connectivity index (χ0) is 12.9. The Bertz CT molecular complexity index is 218. The van der Waals surface area contributed by atoms with E-state index in [9.17, 15) is 0 Å². The summed E-state index contributed by atoms with van der Waals surface area (Å²) in [7, 11) is 0. The van der Waals surface area contributed by atoms with Gasteiger partial charge in [-0.25, -0.2) is 0 Å². The topological polar surface area (TPSA) is 24.5 Å². The summed E-state index contributed by atoms with van der Waals surface area (Å²) in [5.41, 5.74) is -0.0527. The van der Waals surface area contributed by atoms with E-state index in [0.29, 0.717) is 6.04 Å². The smallest absolute Gasteiger partial charge is 0.108 e. The van der Waals surface area contributed by atoms with Crippen molar-refractivity contribution in [3.05, 3.63) is 0 Å². The molecule has 102 valence electrons. The molecule has 3 nitrogen and oxygen atoms in total. The average molecular weight is 354 g/mol. The van der Waals surface area contributed by atoms with Crippen LogP contribution in [0.15, 0.2) is 0 Å². The fraction of sp³-hybridized carbons (Fsp3) is 1.00. The van der Waals surface area contributed by atoms with Gasteiger partial charge in [0.15, 0.2) is 0 Å². The number of hydrogen-bond acceptors (Lipinski definition) is 3. The number of nitrogens with zero attached hydrogens (tertiary/aromatic N) is 1. The van der Waals surface area contributed by atoms with Crippen molar-refractivity contribution in [2.75, 3.05) is 13.1 Å². The van der Waals surface area contributed by atoms with Crippen molar-refractivity contribution in [3.8, 4) is 0 Å². The zero-order valence-corrected chi connectivity index (χ0v) is 13.8. The van der Waals surface area contributed by atoms with Gasteiger partial charge in [0.25, 0.3) is 0 Å². The highest BCUT2D eigenvalue weighted by molar-refractivity contribution is 14.1. The molecule has 1 rings (SSSR count). The lowest BCUT2D eigenvalue weighted by molar-refractivity contribution is -0.142. The van der Waals surface area contributed by atoms with Gasteiger partial charge in [-0.1, -0.05) is 6.42 Å². The number of likely N-dealkylation sites (tertiary alicyclic amines) is 1. The van der Waals surface area contributed by atoms with Gasteiger partial charge < -0.3 is 4.74 Å². The Balaban J connectivity index is 2.51. The Morgan fingerprint density at radius 3 is 2.71 bits per heavy atom. The van der Waals surface area contributed by atoms with E-state index in [1.165, 1.54) is 32.2 Å². The number of hydrogen-bond donors (Lipinski definition) is 1. The van der Waals surface area contributed by atoms with E-state index in [-0.39, 0.29) is 11.8 Å². The van der Waals surface area contributed by atoms with Crippen LogP contribution in [0.1, 0.15) is 53.4 Å². The van der Waals surface area contributed by atoms with Crippen molar-refractivity contribution in [2.45, 2.75) is 71.2 Å². The number of piperidine rings is 1. The van der Waals surface area contributed by atoms with Crippen molar-refractivity contribution in [1.82, 2.24) is 8.43 Å². The molecule has 0 radical (unpaired) electrons. The van der Waals surface area contributed by atoms with Gasteiger partial charge in [-0.05, 0) is 47.0 Å². The molecule has 1 aliphatic rings. The maximum atomic E-state index is 6.09. The molecule has 0 spiro atoms. The lowest BCUT2D eigenvalue weighted by Crippen LogP contribution is -2.49. The molecule has 0 aromatic carbocycles. The minimum Gasteiger partial charge on any atom is -0.358 e. The summed E-state index contributed by atoms with van der Waals surface area (Å²) in [4.78, 5) is 2.54. The first-order valence-corrected chi connectivity index (χ1v) is 7.79. The third kappa shape index (κ3) is 5.85. The number of nitrogens with one attached hydrogen (secondary N) is 1. The monoisotopic (exact) mass is 354 g/mol. The van der Waals surface area contributed by atoms with Crippen LogP contribution < -0.4 is 3.53 Å². The van der Waals surface area contributed by atoms with Crippen molar-refractivity contribution in [2.24, 2.45) is 0 Å². The maximum absolute atomic E-state index is 6.09. The van der Waals surface area contributed by atoms with E-state index in [4.69, 9.17) is 4.74 Å². The predicted octanol–water partition coefficient (Wildman–Crippen LogP) is 3.33. The molecule has 4 heteroatoms. The number of rotatable bonds is 5. The molecular weight excluding hydrogens is 327 g/mol. The van der Waals surface area contributed by atoms with Gasteiger partial charge in [-0.2, -0.15) is 0 Å². The highest BCUT2D eigenvalue weighted by atomic mass is 127. The predicted molar refractivity (Wildman–Crippen MR) is 81.3 cm³/mol. The first kappa shape index (κ1) is 15.7. The molecule has 1 saturated heterocycles. The third-order valence-electron chi connectivity index (χ3n) is 3.24. The van der Waals surface area contributed by atoms with Gasteiger partial charge in [-0.15, -0.1) is 0 Å². The van der Waals surface area contributed by atoms with E-state index in [0.717, 1.165) is 6.54 Å². The molecule has 1 fully saturated rings. The Morgan fingerprint density at radius 1 is 1.41 bits per heavy atom. The lowest BCUT2D eigenvalue weighted by atomic mass is 9.99. The van der Waals surface area contributed by atoms with Gasteiger partial charge in [-0.3, -0.25) is 8.43 Å². The average Bonchev–Trinajstić information content (AvgIpc) is 2.24. The minimum atomic E-state index is -0.0527. The molecule has 0 saturated carbocycles. The second-order valence-corrected chi connectivity index (χ2v) is 6.65. The van der Waals surface area contributed by atoms with Crippen molar-refractivity contribution >= 4 is 22.9 Å². The first-order chi connectivity index (χ1) is 7.94. The molecule has 1 N–H and O–H groups in total. The minimum absolute atomic E-state index is 0.0527. The molecule has 0 aromatic heterocycles. The van der Waals surface area contributed by atoms with Crippen LogP contribution in [0.3, 0.4) is 0 Å². The molecule has 17 heavy (non-hydrogen) atoms. The van der Waals surface area contributed by atoms with Crippen molar-refractivity contribution < 1.29 is 4.74 Å². The summed E-state index contributed by atoms with van der Waals surface area (Å²) < 4.78 is 9.32. The van der Waals surface area contributed by atoms with Gasteiger partial charge in [0.05, 0.1) is 5.60 Å². The summed E-state index contributed by atoms with van der Waals surface area (Å²) in [5, 5.41) is 0.